The van der Waals surface area contributed by atoms with Crippen molar-refractivity contribution >= 4 is 29.2 Å². The number of carboxylic acid groups (broad SMARTS) is 1. The third kappa shape index (κ3) is 4.30. The summed E-state index contributed by atoms with van der Waals surface area (Å²) in [5.41, 5.74) is 1.09. The van der Waals surface area contributed by atoms with Gasteiger partial charge < -0.3 is 15.2 Å². The monoisotopic (exact) mass is 309 g/mol. The zero-order chi connectivity index (χ0) is 15.2. The smallest absolute Gasteiger partial charge is 0.329 e. The number of ether oxygens (including phenoxy) is 1. The number of hydrogen-bond acceptors (Lipinski definition) is 4. The zero-order valence-electron chi connectivity index (χ0n) is 10.8. The van der Waals surface area contributed by atoms with Crippen molar-refractivity contribution in [2.45, 2.75) is 0 Å². The first-order valence-electron chi connectivity index (χ1n) is 5.95. The highest BCUT2D eigenvalue weighted by Gasteiger charge is 2.10. The fraction of sp³-hybridized carbons (Fsp3) is 0.154. The van der Waals surface area contributed by atoms with Gasteiger partial charge in [0, 0.05) is 17.4 Å². The van der Waals surface area contributed by atoms with Crippen LogP contribution in [0.15, 0.2) is 36.7 Å². The fourth-order valence-corrected chi connectivity index (χ4v) is 1.81. The summed E-state index contributed by atoms with van der Waals surface area (Å²) in [7, 11) is 0. The number of carbonyl (C=O) groups excluding carboxylic acids is 1. The number of halogens is 1. The molecule has 21 heavy (non-hydrogen) atoms. The molecule has 7 nitrogen and oxygen atoms in total. The highest BCUT2D eigenvalue weighted by atomic mass is 35.5. The maximum absolute atomic E-state index is 11.7. The van der Waals surface area contributed by atoms with Crippen molar-refractivity contribution in [3.63, 3.8) is 0 Å². The molecular formula is C13H12ClN3O4. The molecule has 1 amide bonds. The van der Waals surface area contributed by atoms with Crippen LogP contribution in [0.3, 0.4) is 0 Å². The van der Waals surface area contributed by atoms with E-state index in [0.717, 1.165) is 0 Å². The Bertz CT molecular complexity index is 643. The number of carbonyl (C=O) groups is 2. The Hall–Kier alpha value is -2.38. The Morgan fingerprint density at radius 3 is 2.86 bits per heavy atom. The van der Waals surface area contributed by atoms with E-state index in [-0.39, 0.29) is 6.61 Å². The van der Waals surface area contributed by atoms with Crippen molar-refractivity contribution in [3.05, 3.63) is 41.7 Å². The van der Waals surface area contributed by atoms with Crippen molar-refractivity contribution in [2.24, 2.45) is 0 Å². The van der Waals surface area contributed by atoms with Crippen LogP contribution in [0.25, 0.3) is 5.69 Å². The normalized spacial score (nSPS) is 10.3. The second-order valence-corrected chi connectivity index (χ2v) is 4.48. The van der Waals surface area contributed by atoms with Gasteiger partial charge in [0.25, 0.3) is 0 Å². The number of benzene rings is 1. The Kier molecular flexibility index (Phi) is 4.91. The molecule has 0 aliphatic carbocycles. The first-order valence-corrected chi connectivity index (χ1v) is 6.33. The van der Waals surface area contributed by atoms with E-state index in [1.807, 2.05) is 0 Å². The molecular weight excluding hydrogens is 298 g/mol. The molecule has 0 radical (unpaired) electrons. The van der Waals surface area contributed by atoms with Gasteiger partial charge in [-0.05, 0) is 24.3 Å². The molecule has 0 spiro atoms. The van der Waals surface area contributed by atoms with Gasteiger partial charge in [0.2, 0.25) is 5.91 Å². The molecule has 2 N–H and O–H groups in total. The first kappa shape index (κ1) is 15.0. The van der Waals surface area contributed by atoms with Crippen molar-refractivity contribution in [2.75, 3.05) is 18.5 Å². The second kappa shape index (κ2) is 6.87. The average Bonchev–Trinajstić information content (AvgIpc) is 2.92. The van der Waals surface area contributed by atoms with Gasteiger partial charge in [-0.2, -0.15) is 5.10 Å². The lowest BCUT2D eigenvalue weighted by atomic mass is 10.2. The van der Waals surface area contributed by atoms with Crippen LogP contribution in [-0.4, -0.2) is 40.0 Å². The van der Waals surface area contributed by atoms with Crippen LogP contribution in [-0.2, 0) is 14.3 Å². The largest absolute Gasteiger partial charge is 0.480 e. The highest BCUT2D eigenvalue weighted by molar-refractivity contribution is 6.31. The second-order valence-electron chi connectivity index (χ2n) is 4.05. The molecule has 2 rings (SSSR count). The van der Waals surface area contributed by atoms with E-state index in [1.165, 1.54) is 0 Å². The van der Waals surface area contributed by atoms with E-state index in [9.17, 15) is 9.59 Å². The van der Waals surface area contributed by atoms with E-state index < -0.39 is 18.5 Å². The molecule has 0 unspecified atom stereocenters. The van der Waals surface area contributed by atoms with Gasteiger partial charge in [-0.3, -0.25) is 4.79 Å². The van der Waals surface area contributed by atoms with Crippen molar-refractivity contribution in [3.8, 4) is 5.69 Å². The maximum atomic E-state index is 11.7. The van der Waals surface area contributed by atoms with Gasteiger partial charge >= 0.3 is 5.97 Å². The molecule has 0 atom stereocenters. The lowest BCUT2D eigenvalue weighted by molar-refractivity contribution is -0.143. The minimum Gasteiger partial charge on any atom is -0.480 e. The molecule has 0 fully saturated rings. The average molecular weight is 310 g/mol. The molecule has 1 heterocycles. The molecule has 0 aliphatic heterocycles. The molecule has 0 bridgehead atoms. The number of nitrogens with zero attached hydrogens (tertiary/aromatic N) is 2. The standard InChI is InChI=1S/C13H12ClN3O4/c14-9-2-3-11(17-5-1-4-15-17)10(6-9)16-12(18)7-21-8-13(19)20/h1-6H,7-8H2,(H,16,18)(H,19,20). The Morgan fingerprint density at radius 2 is 2.19 bits per heavy atom. The number of anilines is 1. The topological polar surface area (TPSA) is 93.5 Å². The minimum atomic E-state index is -1.14. The number of hydrogen-bond donors (Lipinski definition) is 2. The predicted molar refractivity (Wildman–Crippen MR) is 75.7 cm³/mol. The summed E-state index contributed by atoms with van der Waals surface area (Å²) in [6.45, 7) is -0.896. The van der Waals surface area contributed by atoms with Crippen LogP contribution in [0.4, 0.5) is 5.69 Å². The number of aromatic nitrogens is 2. The predicted octanol–water partition coefficient (Wildman–Crippen LogP) is 1.57. The van der Waals surface area contributed by atoms with E-state index >= 15 is 0 Å². The molecule has 0 aliphatic rings. The van der Waals surface area contributed by atoms with Crippen LogP contribution in [0.5, 0.6) is 0 Å². The number of amides is 1. The molecule has 8 heteroatoms. The Labute approximate surface area is 125 Å². The number of aliphatic carboxylic acids is 1. The number of carboxylic acids is 1. The number of nitrogens with one attached hydrogen (secondary N) is 1. The quantitative estimate of drug-likeness (QED) is 0.844. The minimum absolute atomic E-state index is 0.364. The summed E-state index contributed by atoms with van der Waals surface area (Å²) >= 11 is 5.92. The highest BCUT2D eigenvalue weighted by Crippen LogP contribution is 2.24. The van der Waals surface area contributed by atoms with Gasteiger partial charge in [0.15, 0.2) is 0 Å². The summed E-state index contributed by atoms with van der Waals surface area (Å²) in [6.07, 6.45) is 3.33. The molecule has 0 saturated heterocycles. The Balaban J connectivity index is 2.10. The third-order valence-corrected chi connectivity index (χ3v) is 2.68. The van der Waals surface area contributed by atoms with Crippen LogP contribution >= 0.6 is 11.6 Å². The van der Waals surface area contributed by atoms with Gasteiger partial charge in [-0.15, -0.1) is 0 Å². The molecule has 1 aromatic heterocycles. The lowest BCUT2D eigenvalue weighted by Crippen LogP contribution is -2.21. The van der Waals surface area contributed by atoms with Gasteiger partial charge in [0.05, 0.1) is 11.4 Å². The van der Waals surface area contributed by atoms with E-state index in [2.05, 4.69) is 10.4 Å². The van der Waals surface area contributed by atoms with E-state index in [0.29, 0.717) is 16.4 Å². The van der Waals surface area contributed by atoms with Crippen LogP contribution < -0.4 is 5.32 Å². The summed E-state index contributed by atoms with van der Waals surface area (Å²) in [5, 5.41) is 15.6. The first-order chi connectivity index (χ1) is 10.1. The maximum Gasteiger partial charge on any atom is 0.329 e. The fourth-order valence-electron chi connectivity index (χ4n) is 1.64. The molecule has 0 saturated carbocycles. The summed E-state index contributed by atoms with van der Waals surface area (Å²) in [6, 6.07) is 6.71. The van der Waals surface area contributed by atoms with Crippen LogP contribution in [0, 0.1) is 0 Å². The summed E-state index contributed by atoms with van der Waals surface area (Å²) in [5.74, 6) is -1.62. The lowest BCUT2D eigenvalue weighted by Gasteiger charge is -2.11. The third-order valence-electron chi connectivity index (χ3n) is 2.44. The van der Waals surface area contributed by atoms with Crippen molar-refractivity contribution in [1.29, 1.82) is 0 Å². The molecule has 2 aromatic rings. The van der Waals surface area contributed by atoms with Crippen LogP contribution in [0.2, 0.25) is 5.02 Å². The van der Waals surface area contributed by atoms with E-state index in [4.69, 9.17) is 21.4 Å². The number of rotatable bonds is 6. The van der Waals surface area contributed by atoms with Gasteiger partial charge in [0.1, 0.15) is 13.2 Å². The molecule has 1 aromatic carbocycles. The van der Waals surface area contributed by atoms with Gasteiger partial charge in [-0.25, -0.2) is 9.48 Å². The summed E-state index contributed by atoms with van der Waals surface area (Å²) in [4.78, 5) is 22.0. The molecule has 110 valence electrons. The van der Waals surface area contributed by atoms with Crippen molar-refractivity contribution < 1.29 is 19.4 Å². The van der Waals surface area contributed by atoms with Crippen molar-refractivity contribution in [1.82, 2.24) is 9.78 Å². The summed E-state index contributed by atoms with van der Waals surface area (Å²) < 4.78 is 6.30. The van der Waals surface area contributed by atoms with E-state index in [1.54, 1.807) is 41.3 Å². The van der Waals surface area contributed by atoms with Crippen LogP contribution in [0.1, 0.15) is 0 Å². The SMILES string of the molecule is O=C(O)COCC(=O)Nc1cc(Cl)ccc1-n1cccn1. The zero-order valence-corrected chi connectivity index (χ0v) is 11.6. The Morgan fingerprint density at radius 1 is 1.38 bits per heavy atom. The van der Waals surface area contributed by atoms with Gasteiger partial charge in [-0.1, -0.05) is 11.6 Å².